The second-order valence-corrected chi connectivity index (χ2v) is 7.94. The van der Waals surface area contributed by atoms with Gasteiger partial charge in [-0.25, -0.2) is 13.1 Å². The number of benzene rings is 1. The predicted octanol–water partition coefficient (Wildman–Crippen LogP) is 2.92. The number of nitrogens with one attached hydrogen (secondary N) is 2. The van der Waals surface area contributed by atoms with Crippen LogP contribution in [-0.2, 0) is 14.8 Å². The summed E-state index contributed by atoms with van der Waals surface area (Å²) in [7, 11) is -3.93. The summed E-state index contributed by atoms with van der Waals surface area (Å²) in [5, 5.41) is 2.60. The standard InChI is InChI=1S/C18H20N2O5S/c21-17(13-5-2-1-3-6-13)20-26(23,24)15-10-8-14(9-11-15)19-18(22)16-7-4-12-25-16/h4,7-13H,1-3,5-6H2,(H,19,22)(H,20,21). The zero-order valence-corrected chi connectivity index (χ0v) is 14.9. The summed E-state index contributed by atoms with van der Waals surface area (Å²) >= 11 is 0. The monoisotopic (exact) mass is 376 g/mol. The molecule has 1 saturated carbocycles. The number of hydrogen-bond acceptors (Lipinski definition) is 5. The second-order valence-electron chi connectivity index (χ2n) is 6.26. The van der Waals surface area contributed by atoms with Crippen LogP contribution in [0.3, 0.4) is 0 Å². The highest BCUT2D eigenvalue weighted by molar-refractivity contribution is 7.90. The minimum Gasteiger partial charge on any atom is -0.459 e. The quantitative estimate of drug-likeness (QED) is 0.835. The van der Waals surface area contributed by atoms with Gasteiger partial charge in [0.2, 0.25) is 5.91 Å². The van der Waals surface area contributed by atoms with Crippen molar-refractivity contribution in [2.45, 2.75) is 37.0 Å². The SMILES string of the molecule is O=C(Nc1ccc(S(=O)(=O)NC(=O)C2CCCCC2)cc1)c1ccco1. The number of amides is 2. The van der Waals surface area contributed by atoms with Crippen molar-refractivity contribution in [2.24, 2.45) is 5.92 Å². The van der Waals surface area contributed by atoms with Crippen LogP contribution in [0, 0.1) is 5.92 Å². The van der Waals surface area contributed by atoms with Crippen LogP contribution in [0.15, 0.2) is 52.0 Å². The first-order chi connectivity index (χ1) is 12.5. The Bertz CT molecular complexity index is 867. The molecule has 1 aliphatic carbocycles. The number of anilines is 1. The second kappa shape index (κ2) is 7.74. The number of carbonyl (C=O) groups excluding carboxylic acids is 2. The number of sulfonamides is 1. The van der Waals surface area contributed by atoms with Crippen LogP contribution in [0.2, 0.25) is 0 Å². The van der Waals surface area contributed by atoms with E-state index in [1.807, 2.05) is 0 Å². The highest BCUT2D eigenvalue weighted by atomic mass is 32.2. The van der Waals surface area contributed by atoms with E-state index in [1.165, 1.54) is 36.6 Å². The van der Waals surface area contributed by atoms with Crippen molar-refractivity contribution in [1.82, 2.24) is 4.72 Å². The molecular weight excluding hydrogens is 356 g/mol. The van der Waals surface area contributed by atoms with Gasteiger partial charge in [0, 0.05) is 11.6 Å². The van der Waals surface area contributed by atoms with E-state index in [4.69, 9.17) is 4.42 Å². The van der Waals surface area contributed by atoms with Crippen molar-refractivity contribution in [3.05, 3.63) is 48.4 Å². The van der Waals surface area contributed by atoms with Gasteiger partial charge < -0.3 is 9.73 Å². The minimum atomic E-state index is -3.93. The number of hydrogen-bond donors (Lipinski definition) is 2. The van der Waals surface area contributed by atoms with E-state index in [9.17, 15) is 18.0 Å². The lowest BCUT2D eigenvalue weighted by Gasteiger charge is -2.20. The molecule has 0 spiro atoms. The Balaban J connectivity index is 1.64. The van der Waals surface area contributed by atoms with Gasteiger partial charge in [-0.1, -0.05) is 19.3 Å². The maximum atomic E-state index is 12.4. The molecule has 138 valence electrons. The smallest absolute Gasteiger partial charge is 0.291 e. The lowest BCUT2D eigenvalue weighted by molar-refractivity contribution is -0.124. The van der Waals surface area contributed by atoms with E-state index in [-0.39, 0.29) is 16.6 Å². The number of furan rings is 1. The third-order valence-electron chi connectivity index (χ3n) is 4.38. The number of rotatable bonds is 5. The first-order valence-corrected chi connectivity index (χ1v) is 9.95. The van der Waals surface area contributed by atoms with Crippen LogP contribution in [0.5, 0.6) is 0 Å². The fourth-order valence-corrected chi connectivity index (χ4v) is 4.00. The fourth-order valence-electron chi connectivity index (χ4n) is 2.96. The summed E-state index contributed by atoms with van der Waals surface area (Å²) in [6.07, 6.45) is 5.81. The fraction of sp³-hybridized carbons (Fsp3) is 0.333. The molecule has 1 fully saturated rings. The van der Waals surface area contributed by atoms with Crippen LogP contribution in [-0.4, -0.2) is 20.2 Å². The molecule has 0 bridgehead atoms. The lowest BCUT2D eigenvalue weighted by Crippen LogP contribution is -2.36. The molecule has 0 atom stereocenters. The van der Waals surface area contributed by atoms with Gasteiger partial charge in [-0.2, -0.15) is 0 Å². The van der Waals surface area contributed by atoms with Crippen molar-refractivity contribution in [2.75, 3.05) is 5.32 Å². The van der Waals surface area contributed by atoms with Crippen LogP contribution < -0.4 is 10.0 Å². The molecule has 3 rings (SSSR count). The third-order valence-corrected chi connectivity index (χ3v) is 5.74. The van der Waals surface area contributed by atoms with Gasteiger partial charge in [-0.05, 0) is 49.2 Å². The first-order valence-electron chi connectivity index (χ1n) is 8.47. The van der Waals surface area contributed by atoms with Gasteiger partial charge in [0.15, 0.2) is 5.76 Å². The molecule has 1 heterocycles. The van der Waals surface area contributed by atoms with Gasteiger partial charge in [-0.3, -0.25) is 9.59 Å². The Morgan fingerprint density at radius 3 is 2.31 bits per heavy atom. The van der Waals surface area contributed by atoms with Crippen molar-refractivity contribution in [3.63, 3.8) is 0 Å². The van der Waals surface area contributed by atoms with Crippen molar-refractivity contribution >= 4 is 27.5 Å². The molecular formula is C18H20N2O5S. The molecule has 26 heavy (non-hydrogen) atoms. The normalized spacial score (nSPS) is 15.4. The Morgan fingerprint density at radius 1 is 1.00 bits per heavy atom. The van der Waals surface area contributed by atoms with Crippen LogP contribution in [0.1, 0.15) is 42.7 Å². The highest BCUT2D eigenvalue weighted by Gasteiger charge is 2.26. The third kappa shape index (κ3) is 4.32. The summed E-state index contributed by atoms with van der Waals surface area (Å²) in [5.41, 5.74) is 0.420. The summed E-state index contributed by atoms with van der Waals surface area (Å²) in [4.78, 5) is 24.0. The predicted molar refractivity (Wildman–Crippen MR) is 95.0 cm³/mol. The van der Waals surface area contributed by atoms with E-state index in [1.54, 1.807) is 6.07 Å². The van der Waals surface area contributed by atoms with Gasteiger partial charge in [-0.15, -0.1) is 0 Å². The zero-order valence-electron chi connectivity index (χ0n) is 14.1. The Kier molecular flexibility index (Phi) is 5.41. The average Bonchev–Trinajstić information content (AvgIpc) is 3.17. The molecule has 1 aromatic heterocycles. The maximum absolute atomic E-state index is 12.4. The average molecular weight is 376 g/mol. The Labute approximate surface area is 151 Å². The van der Waals surface area contributed by atoms with Crippen molar-refractivity contribution in [1.29, 1.82) is 0 Å². The van der Waals surface area contributed by atoms with E-state index in [0.29, 0.717) is 5.69 Å². The minimum absolute atomic E-state index is 0.0299. The van der Waals surface area contributed by atoms with E-state index >= 15 is 0 Å². The summed E-state index contributed by atoms with van der Waals surface area (Å²) < 4.78 is 31.9. The molecule has 1 aromatic carbocycles. The number of carbonyl (C=O) groups is 2. The summed E-state index contributed by atoms with van der Waals surface area (Å²) in [6.45, 7) is 0. The van der Waals surface area contributed by atoms with Gasteiger partial charge in [0.1, 0.15) is 0 Å². The molecule has 0 aliphatic heterocycles. The van der Waals surface area contributed by atoms with Crippen molar-refractivity contribution < 1.29 is 22.4 Å². The van der Waals surface area contributed by atoms with E-state index in [2.05, 4.69) is 10.0 Å². The Morgan fingerprint density at radius 2 is 1.69 bits per heavy atom. The molecule has 8 heteroatoms. The highest BCUT2D eigenvalue weighted by Crippen LogP contribution is 2.24. The van der Waals surface area contributed by atoms with Gasteiger partial charge in [0.25, 0.3) is 15.9 Å². The molecule has 0 radical (unpaired) electrons. The van der Waals surface area contributed by atoms with Crippen LogP contribution in [0.25, 0.3) is 0 Å². The molecule has 1 aliphatic rings. The molecule has 2 amide bonds. The molecule has 0 unspecified atom stereocenters. The molecule has 7 nitrogen and oxygen atoms in total. The first kappa shape index (κ1) is 18.2. The summed E-state index contributed by atoms with van der Waals surface area (Å²) in [6, 6.07) is 8.72. The maximum Gasteiger partial charge on any atom is 0.291 e. The largest absolute Gasteiger partial charge is 0.459 e. The van der Waals surface area contributed by atoms with Gasteiger partial charge >= 0.3 is 0 Å². The lowest BCUT2D eigenvalue weighted by atomic mass is 9.89. The molecule has 2 N–H and O–H groups in total. The van der Waals surface area contributed by atoms with Crippen molar-refractivity contribution in [3.8, 4) is 0 Å². The van der Waals surface area contributed by atoms with Crippen LogP contribution >= 0.6 is 0 Å². The molecule has 2 aromatic rings. The van der Waals surface area contributed by atoms with Crippen LogP contribution in [0.4, 0.5) is 5.69 Å². The van der Waals surface area contributed by atoms with E-state index in [0.717, 1.165) is 32.1 Å². The topological polar surface area (TPSA) is 105 Å². The van der Waals surface area contributed by atoms with Gasteiger partial charge in [0.05, 0.1) is 11.2 Å². The summed E-state index contributed by atoms with van der Waals surface area (Å²) in [5.74, 6) is -0.970. The Hall–Kier alpha value is -2.61. The van der Waals surface area contributed by atoms with E-state index < -0.39 is 21.8 Å². The molecule has 0 saturated heterocycles. The zero-order chi connectivity index (χ0) is 18.6.